The summed E-state index contributed by atoms with van der Waals surface area (Å²) < 4.78 is 37.8. The number of anilines is 1. The normalized spacial score (nSPS) is 13.4. The van der Waals surface area contributed by atoms with Crippen LogP contribution < -0.4 is 19.1 Å². The van der Waals surface area contributed by atoms with Crippen molar-refractivity contribution in [3.05, 3.63) is 53.6 Å². The molecule has 2 amide bonds. The third kappa shape index (κ3) is 6.45. The molecule has 10 heteroatoms. The molecule has 0 fully saturated rings. The van der Waals surface area contributed by atoms with Crippen LogP contribution in [-0.2, 0) is 26.2 Å². The average molecular weight is 504 g/mol. The lowest BCUT2D eigenvalue weighted by Crippen LogP contribution is -2.52. The first-order chi connectivity index (χ1) is 16.5. The highest BCUT2D eigenvalue weighted by atomic mass is 32.2. The van der Waals surface area contributed by atoms with Crippen LogP contribution >= 0.6 is 0 Å². The van der Waals surface area contributed by atoms with Gasteiger partial charge in [0.25, 0.3) is 0 Å². The number of ether oxygens (including phenoxy) is 2. The van der Waals surface area contributed by atoms with Crippen molar-refractivity contribution in [3.63, 3.8) is 0 Å². The Labute approximate surface area is 207 Å². The molecule has 1 aliphatic heterocycles. The molecule has 2 aromatic rings. The zero-order valence-electron chi connectivity index (χ0n) is 20.8. The first-order valence-corrected chi connectivity index (χ1v) is 13.2. The number of benzene rings is 2. The molecule has 2 aromatic carbocycles. The lowest BCUT2D eigenvalue weighted by molar-refractivity contribution is -0.139. The van der Waals surface area contributed by atoms with Gasteiger partial charge in [0.15, 0.2) is 11.5 Å². The second-order valence-corrected chi connectivity index (χ2v) is 11.0. The Morgan fingerprint density at radius 2 is 1.69 bits per heavy atom. The molecule has 0 aromatic heterocycles. The molecule has 0 aliphatic carbocycles. The van der Waals surface area contributed by atoms with Crippen molar-refractivity contribution in [1.29, 1.82) is 0 Å². The number of nitrogens with one attached hydrogen (secondary N) is 1. The molecule has 1 aliphatic rings. The van der Waals surface area contributed by atoms with E-state index >= 15 is 0 Å². The van der Waals surface area contributed by atoms with E-state index in [-0.39, 0.29) is 31.0 Å². The number of hydrogen-bond acceptors (Lipinski definition) is 6. The molecule has 1 atom stereocenters. The zero-order chi connectivity index (χ0) is 25.8. The highest BCUT2D eigenvalue weighted by Crippen LogP contribution is 2.36. The van der Waals surface area contributed by atoms with Crippen LogP contribution in [0.15, 0.2) is 42.5 Å². The van der Waals surface area contributed by atoms with Gasteiger partial charge in [0.1, 0.15) is 12.6 Å². The van der Waals surface area contributed by atoms with E-state index in [2.05, 4.69) is 5.32 Å². The molecule has 0 saturated heterocycles. The van der Waals surface area contributed by atoms with E-state index in [9.17, 15) is 18.0 Å². The summed E-state index contributed by atoms with van der Waals surface area (Å²) in [6.07, 6.45) is 0. The van der Waals surface area contributed by atoms with E-state index in [1.54, 1.807) is 25.1 Å². The summed E-state index contributed by atoms with van der Waals surface area (Å²) in [6.45, 7) is 8.55. The predicted octanol–water partition coefficient (Wildman–Crippen LogP) is 2.82. The van der Waals surface area contributed by atoms with E-state index in [1.807, 2.05) is 45.0 Å². The second kappa shape index (κ2) is 11.0. The SMILES string of the molecule is CCS(=O)(=O)N(CC(=O)N(Cc1ccc(C)cc1)[C@@H](C)C(=O)NC(C)C)c1ccc2c(c1)OCO2. The van der Waals surface area contributed by atoms with E-state index < -0.39 is 28.5 Å². The van der Waals surface area contributed by atoms with Crippen molar-refractivity contribution in [1.82, 2.24) is 10.2 Å². The fourth-order valence-corrected chi connectivity index (χ4v) is 4.69. The van der Waals surface area contributed by atoms with Crippen LogP contribution in [0.25, 0.3) is 0 Å². The summed E-state index contributed by atoms with van der Waals surface area (Å²) in [5.41, 5.74) is 2.19. The summed E-state index contributed by atoms with van der Waals surface area (Å²) in [5, 5.41) is 2.83. The van der Waals surface area contributed by atoms with E-state index in [0.717, 1.165) is 15.4 Å². The molecule has 9 nitrogen and oxygen atoms in total. The van der Waals surface area contributed by atoms with Crippen molar-refractivity contribution in [2.75, 3.05) is 23.4 Å². The minimum absolute atomic E-state index is 0.0467. The maximum Gasteiger partial charge on any atom is 0.244 e. The van der Waals surface area contributed by atoms with Crippen molar-refractivity contribution in [3.8, 4) is 11.5 Å². The molecule has 1 heterocycles. The van der Waals surface area contributed by atoms with Gasteiger partial charge in [-0.1, -0.05) is 29.8 Å². The number of amides is 2. The molecule has 0 spiro atoms. The number of hydrogen-bond donors (Lipinski definition) is 1. The van der Waals surface area contributed by atoms with Gasteiger partial charge in [0, 0.05) is 18.7 Å². The molecular formula is C25H33N3O6S. The average Bonchev–Trinajstić information content (AvgIpc) is 3.29. The van der Waals surface area contributed by atoms with E-state index in [4.69, 9.17) is 9.47 Å². The molecule has 3 rings (SSSR count). The maximum atomic E-state index is 13.6. The van der Waals surface area contributed by atoms with Crippen LogP contribution in [0.1, 0.15) is 38.8 Å². The predicted molar refractivity (Wildman–Crippen MR) is 134 cm³/mol. The molecule has 0 unspecified atom stereocenters. The Morgan fingerprint density at radius 1 is 1.03 bits per heavy atom. The van der Waals surface area contributed by atoms with Crippen molar-refractivity contribution in [2.45, 2.75) is 53.2 Å². The number of sulfonamides is 1. The van der Waals surface area contributed by atoms with Gasteiger partial charge in [-0.2, -0.15) is 0 Å². The van der Waals surface area contributed by atoms with Gasteiger partial charge in [-0.25, -0.2) is 8.42 Å². The number of carbonyl (C=O) groups excluding carboxylic acids is 2. The molecule has 0 bridgehead atoms. The number of aryl methyl sites for hydroxylation is 1. The van der Waals surface area contributed by atoms with Gasteiger partial charge >= 0.3 is 0 Å². The van der Waals surface area contributed by atoms with Gasteiger partial charge < -0.3 is 19.7 Å². The smallest absolute Gasteiger partial charge is 0.244 e. The minimum atomic E-state index is -3.81. The lowest BCUT2D eigenvalue weighted by atomic mass is 10.1. The van der Waals surface area contributed by atoms with Gasteiger partial charge in [0.2, 0.25) is 28.6 Å². The molecule has 0 radical (unpaired) electrons. The number of nitrogens with zero attached hydrogens (tertiary/aromatic N) is 2. The Kier molecular flexibility index (Phi) is 8.26. The molecule has 35 heavy (non-hydrogen) atoms. The first kappa shape index (κ1) is 26.3. The van der Waals surface area contributed by atoms with Crippen molar-refractivity contribution < 1.29 is 27.5 Å². The molecule has 0 saturated carbocycles. The number of carbonyl (C=O) groups is 2. The third-order valence-electron chi connectivity index (χ3n) is 5.70. The monoisotopic (exact) mass is 503 g/mol. The maximum absolute atomic E-state index is 13.6. The lowest BCUT2D eigenvalue weighted by Gasteiger charge is -2.32. The molecule has 190 valence electrons. The summed E-state index contributed by atoms with van der Waals surface area (Å²) in [5.74, 6) is -0.0859. The summed E-state index contributed by atoms with van der Waals surface area (Å²) in [6, 6.07) is 11.5. The second-order valence-electron chi connectivity index (χ2n) is 8.79. The quantitative estimate of drug-likeness (QED) is 0.535. The Bertz CT molecular complexity index is 1160. The summed E-state index contributed by atoms with van der Waals surface area (Å²) in [4.78, 5) is 27.8. The van der Waals surface area contributed by atoms with Crippen molar-refractivity contribution in [2.24, 2.45) is 0 Å². The first-order valence-electron chi connectivity index (χ1n) is 11.6. The van der Waals surface area contributed by atoms with E-state index in [1.165, 1.54) is 11.8 Å². The van der Waals surface area contributed by atoms with Crippen LogP contribution in [0.4, 0.5) is 5.69 Å². The Hall–Kier alpha value is -3.27. The molecular weight excluding hydrogens is 470 g/mol. The van der Waals surface area contributed by atoms with E-state index in [0.29, 0.717) is 17.2 Å². The number of fused-ring (bicyclic) bond motifs is 1. The summed E-state index contributed by atoms with van der Waals surface area (Å²) in [7, 11) is -3.81. The minimum Gasteiger partial charge on any atom is -0.454 e. The van der Waals surface area contributed by atoms with Crippen LogP contribution in [0, 0.1) is 6.92 Å². The van der Waals surface area contributed by atoms with Crippen LogP contribution in [0.3, 0.4) is 0 Å². The van der Waals surface area contributed by atoms with Crippen molar-refractivity contribution >= 4 is 27.5 Å². The van der Waals surface area contributed by atoms with Crippen LogP contribution in [0.5, 0.6) is 11.5 Å². The van der Waals surface area contributed by atoms with Crippen LogP contribution in [-0.4, -0.2) is 56.3 Å². The number of rotatable bonds is 10. The Morgan fingerprint density at radius 3 is 2.31 bits per heavy atom. The standard InChI is InChI=1S/C25H33N3O6S/c1-6-35(31,32)28(21-11-12-22-23(13-21)34-16-33-22)15-24(29)27(19(5)25(30)26-17(2)3)14-20-9-7-18(4)8-10-20/h7-13,17,19H,6,14-16H2,1-5H3,(H,26,30)/t19-/m0/s1. The van der Waals surface area contributed by atoms with Crippen LogP contribution in [0.2, 0.25) is 0 Å². The fourth-order valence-electron chi connectivity index (χ4n) is 3.64. The highest BCUT2D eigenvalue weighted by Gasteiger charge is 2.31. The fraction of sp³-hybridized carbons (Fsp3) is 0.440. The van der Waals surface area contributed by atoms with Gasteiger partial charge in [-0.15, -0.1) is 0 Å². The third-order valence-corrected chi connectivity index (χ3v) is 7.44. The van der Waals surface area contributed by atoms with Gasteiger partial charge in [-0.3, -0.25) is 13.9 Å². The summed E-state index contributed by atoms with van der Waals surface area (Å²) >= 11 is 0. The van der Waals surface area contributed by atoms with Gasteiger partial charge in [-0.05, 0) is 52.3 Å². The van der Waals surface area contributed by atoms with Gasteiger partial charge in [0.05, 0.1) is 11.4 Å². The highest BCUT2D eigenvalue weighted by molar-refractivity contribution is 7.92. The zero-order valence-corrected chi connectivity index (χ0v) is 21.6. The largest absolute Gasteiger partial charge is 0.454 e. The Balaban J connectivity index is 1.93. The molecule has 1 N–H and O–H groups in total. The topological polar surface area (TPSA) is 105 Å².